The maximum atomic E-state index is 9.97. The molecule has 0 saturated heterocycles. The van der Waals surface area contributed by atoms with Crippen LogP contribution >= 0.6 is 0 Å². The van der Waals surface area contributed by atoms with Gasteiger partial charge in [0, 0.05) is 20.2 Å². The van der Waals surface area contributed by atoms with Gasteiger partial charge in [-0.3, -0.25) is 0 Å². The van der Waals surface area contributed by atoms with E-state index in [1.54, 1.807) is 7.11 Å². The molecule has 1 aromatic rings. The van der Waals surface area contributed by atoms with Crippen molar-refractivity contribution in [1.82, 2.24) is 5.32 Å². The van der Waals surface area contributed by atoms with Crippen molar-refractivity contribution in [3.05, 3.63) is 29.8 Å². The van der Waals surface area contributed by atoms with Crippen LogP contribution in [0.15, 0.2) is 24.3 Å². The summed E-state index contributed by atoms with van der Waals surface area (Å²) in [6.07, 6.45) is 3.92. The van der Waals surface area contributed by atoms with Crippen LogP contribution in [0.1, 0.15) is 31.7 Å². The molecular formula is C17H27NO3. The first-order chi connectivity index (χ1) is 10.2. The second kappa shape index (κ2) is 7.78. The Kier molecular flexibility index (Phi) is 6.03. The third kappa shape index (κ3) is 4.70. The van der Waals surface area contributed by atoms with Gasteiger partial charge in [-0.15, -0.1) is 0 Å². The van der Waals surface area contributed by atoms with Crippen molar-refractivity contribution in [2.24, 2.45) is 0 Å². The average molecular weight is 293 g/mol. The quantitative estimate of drug-likeness (QED) is 0.732. The normalized spacial score (nSPS) is 18.0. The number of hydrogen-bond donors (Lipinski definition) is 2. The molecular weight excluding hydrogens is 266 g/mol. The summed E-state index contributed by atoms with van der Waals surface area (Å²) >= 11 is 0. The number of ether oxygens (including phenoxy) is 2. The number of methoxy groups -OCH3 is 1. The van der Waals surface area contributed by atoms with E-state index in [-0.39, 0.29) is 5.60 Å². The van der Waals surface area contributed by atoms with Crippen LogP contribution in [0, 0.1) is 0 Å². The molecule has 0 amide bonds. The maximum Gasteiger partial charge on any atom is 0.119 e. The van der Waals surface area contributed by atoms with Crippen molar-refractivity contribution in [3.63, 3.8) is 0 Å². The molecule has 1 saturated carbocycles. The Labute approximate surface area is 127 Å². The SMILES string of the molecule is CCc1cccc(OCC(O)CNCC2(OC)CCC2)c1. The fourth-order valence-electron chi connectivity index (χ4n) is 2.60. The Morgan fingerprint density at radius 2 is 2.19 bits per heavy atom. The second-order valence-electron chi connectivity index (χ2n) is 5.84. The highest BCUT2D eigenvalue weighted by Gasteiger charge is 2.36. The Bertz CT molecular complexity index is 426. The van der Waals surface area contributed by atoms with Crippen LogP contribution in [0.5, 0.6) is 5.75 Å². The lowest BCUT2D eigenvalue weighted by Gasteiger charge is -2.40. The lowest BCUT2D eigenvalue weighted by molar-refractivity contribution is -0.0706. The molecule has 2 rings (SSSR count). The highest BCUT2D eigenvalue weighted by atomic mass is 16.5. The number of hydrogen-bond acceptors (Lipinski definition) is 4. The molecule has 0 aromatic heterocycles. The number of rotatable bonds is 9. The number of aliphatic hydroxyl groups is 1. The molecule has 0 heterocycles. The topological polar surface area (TPSA) is 50.7 Å². The van der Waals surface area contributed by atoms with Gasteiger partial charge < -0.3 is 19.9 Å². The summed E-state index contributed by atoms with van der Waals surface area (Å²) in [7, 11) is 1.76. The zero-order chi connectivity index (χ0) is 15.1. The van der Waals surface area contributed by atoms with Gasteiger partial charge in [-0.05, 0) is 43.4 Å². The molecule has 1 aromatic carbocycles. The lowest BCUT2D eigenvalue weighted by Crippen LogP contribution is -2.49. The van der Waals surface area contributed by atoms with Crippen LogP contribution in [-0.2, 0) is 11.2 Å². The number of nitrogens with one attached hydrogen (secondary N) is 1. The molecule has 0 radical (unpaired) electrons. The summed E-state index contributed by atoms with van der Waals surface area (Å²) in [6.45, 7) is 3.74. The van der Waals surface area contributed by atoms with Crippen LogP contribution in [-0.4, -0.2) is 43.6 Å². The molecule has 4 nitrogen and oxygen atoms in total. The molecule has 0 aliphatic heterocycles. The van der Waals surface area contributed by atoms with E-state index in [0.29, 0.717) is 13.2 Å². The highest BCUT2D eigenvalue weighted by molar-refractivity contribution is 5.28. The average Bonchev–Trinajstić information content (AvgIpc) is 2.48. The van der Waals surface area contributed by atoms with E-state index in [9.17, 15) is 5.11 Å². The van der Waals surface area contributed by atoms with Gasteiger partial charge in [0.1, 0.15) is 18.5 Å². The second-order valence-corrected chi connectivity index (χ2v) is 5.84. The minimum absolute atomic E-state index is 0.00393. The fourth-order valence-corrected chi connectivity index (χ4v) is 2.60. The molecule has 1 fully saturated rings. The summed E-state index contributed by atoms with van der Waals surface area (Å²) < 4.78 is 11.2. The zero-order valence-corrected chi connectivity index (χ0v) is 13.1. The molecule has 1 aliphatic carbocycles. The van der Waals surface area contributed by atoms with E-state index < -0.39 is 6.10 Å². The summed E-state index contributed by atoms with van der Waals surface area (Å²) in [6, 6.07) is 8.01. The van der Waals surface area contributed by atoms with Crippen LogP contribution in [0.3, 0.4) is 0 Å². The van der Waals surface area contributed by atoms with Gasteiger partial charge in [-0.1, -0.05) is 19.1 Å². The Morgan fingerprint density at radius 3 is 2.81 bits per heavy atom. The fraction of sp³-hybridized carbons (Fsp3) is 0.647. The minimum atomic E-state index is -0.510. The molecule has 118 valence electrons. The van der Waals surface area contributed by atoms with E-state index >= 15 is 0 Å². The smallest absolute Gasteiger partial charge is 0.119 e. The first-order valence-electron chi connectivity index (χ1n) is 7.83. The van der Waals surface area contributed by atoms with Gasteiger partial charge in [0.05, 0.1) is 5.60 Å². The molecule has 4 heteroatoms. The molecule has 1 aliphatic rings. The van der Waals surface area contributed by atoms with Crippen molar-refractivity contribution in [1.29, 1.82) is 0 Å². The van der Waals surface area contributed by atoms with E-state index in [1.807, 2.05) is 18.2 Å². The van der Waals surface area contributed by atoms with Gasteiger partial charge in [0.2, 0.25) is 0 Å². The van der Waals surface area contributed by atoms with E-state index in [4.69, 9.17) is 9.47 Å². The predicted molar refractivity (Wildman–Crippen MR) is 83.8 cm³/mol. The van der Waals surface area contributed by atoms with Gasteiger partial charge in [-0.2, -0.15) is 0 Å². The monoisotopic (exact) mass is 293 g/mol. The van der Waals surface area contributed by atoms with Crippen molar-refractivity contribution in [2.45, 2.75) is 44.3 Å². The number of benzene rings is 1. The molecule has 1 atom stereocenters. The summed E-state index contributed by atoms with van der Waals surface area (Å²) in [5, 5.41) is 13.3. The number of aliphatic hydroxyl groups excluding tert-OH is 1. The van der Waals surface area contributed by atoms with Crippen LogP contribution < -0.4 is 10.1 Å². The standard InChI is InChI=1S/C17H27NO3/c1-3-14-6-4-7-16(10-14)21-12-15(19)11-18-13-17(20-2)8-5-9-17/h4,6-7,10,15,18-19H,3,5,8-9,11-13H2,1-2H3. The summed E-state index contributed by atoms with van der Waals surface area (Å²) in [5.41, 5.74) is 1.24. The van der Waals surface area contributed by atoms with Gasteiger partial charge >= 0.3 is 0 Å². The van der Waals surface area contributed by atoms with Crippen molar-refractivity contribution >= 4 is 0 Å². The van der Waals surface area contributed by atoms with Crippen molar-refractivity contribution < 1.29 is 14.6 Å². The molecule has 1 unspecified atom stereocenters. The number of aryl methyl sites for hydroxylation is 1. The first kappa shape index (κ1) is 16.3. The third-order valence-electron chi connectivity index (χ3n) is 4.27. The van der Waals surface area contributed by atoms with E-state index in [1.165, 1.54) is 12.0 Å². The maximum absolute atomic E-state index is 9.97. The van der Waals surface area contributed by atoms with Gasteiger partial charge in [0.15, 0.2) is 0 Å². The lowest BCUT2D eigenvalue weighted by atomic mass is 9.80. The minimum Gasteiger partial charge on any atom is -0.491 e. The van der Waals surface area contributed by atoms with Gasteiger partial charge in [0.25, 0.3) is 0 Å². The molecule has 21 heavy (non-hydrogen) atoms. The van der Waals surface area contributed by atoms with Crippen LogP contribution in [0.25, 0.3) is 0 Å². The van der Waals surface area contributed by atoms with Crippen LogP contribution in [0.4, 0.5) is 0 Å². The van der Waals surface area contributed by atoms with Crippen molar-refractivity contribution in [2.75, 3.05) is 26.8 Å². The van der Waals surface area contributed by atoms with E-state index in [2.05, 4.69) is 18.3 Å². The predicted octanol–water partition coefficient (Wildman–Crippen LogP) is 2.15. The first-order valence-corrected chi connectivity index (χ1v) is 7.83. The van der Waals surface area contributed by atoms with Gasteiger partial charge in [-0.25, -0.2) is 0 Å². The third-order valence-corrected chi connectivity index (χ3v) is 4.27. The zero-order valence-electron chi connectivity index (χ0n) is 13.1. The van der Waals surface area contributed by atoms with Crippen molar-refractivity contribution in [3.8, 4) is 5.75 Å². The molecule has 0 bridgehead atoms. The largest absolute Gasteiger partial charge is 0.491 e. The summed E-state index contributed by atoms with van der Waals surface area (Å²) in [5.74, 6) is 0.820. The Hall–Kier alpha value is -1.10. The molecule has 2 N–H and O–H groups in total. The van der Waals surface area contributed by atoms with Crippen LogP contribution in [0.2, 0.25) is 0 Å². The molecule has 0 spiro atoms. The Balaban J connectivity index is 1.66. The summed E-state index contributed by atoms with van der Waals surface area (Å²) in [4.78, 5) is 0. The Morgan fingerprint density at radius 1 is 1.38 bits per heavy atom. The highest BCUT2D eigenvalue weighted by Crippen LogP contribution is 2.34. The van der Waals surface area contributed by atoms with E-state index in [0.717, 1.165) is 31.6 Å².